The third kappa shape index (κ3) is 3.42. The third-order valence-electron chi connectivity index (χ3n) is 3.22. The molecule has 0 spiro atoms. The highest BCUT2D eigenvalue weighted by molar-refractivity contribution is 8.00. The molecule has 2 heterocycles. The summed E-state index contributed by atoms with van der Waals surface area (Å²) in [7, 11) is 0. The Bertz CT molecular complexity index is 626. The number of nitrogens with zero attached hydrogens (tertiary/aromatic N) is 2. The topological polar surface area (TPSA) is 64.1 Å². The van der Waals surface area contributed by atoms with Gasteiger partial charge in [-0.3, -0.25) is 10.1 Å². The maximum Gasteiger partial charge on any atom is 0.236 e. The van der Waals surface area contributed by atoms with Gasteiger partial charge < -0.3 is 4.74 Å². The molecule has 0 aliphatic carbocycles. The van der Waals surface area contributed by atoms with Gasteiger partial charge in [0.15, 0.2) is 4.34 Å². The van der Waals surface area contributed by atoms with Crippen molar-refractivity contribution in [1.82, 2.24) is 10.2 Å². The molecular formula is C14H15N3O2S2. The molecule has 1 aliphatic rings. The van der Waals surface area contributed by atoms with Crippen molar-refractivity contribution < 1.29 is 9.53 Å². The van der Waals surface area contributed by atoms with Crippen LogP contribution in [0, 0.1) is 5.41 Å². The van der Waals surface area contributed by atoms with Gasteiger partial charge in [0.25, 0.3) is 0 Å². The lowest BCUT2D eigenvalue weighted by molar-refractivity contribution is -0.151. The van der Waals surface area contributed by atoms with Crippen LogP contribution in [0.4, 0.5) is 5.13 Å². The van der Waals surface area contributed by atoms with Gasteiger partial charge in [0.05, 0.1) is 18.6 Å². The molecule has 0 radical (unpaired) electrons. The zero-order valence-corrected chi connectivity index (χ0v) is 13.2. The van der Waals surface area contributed by atoms with Gasteiger partial charge in [-0.25, -0.2) is 0 Å². The molecule has 0 unspecified atom stereocenters. The molecule has 7 heteroatoms. The Morgan fingerprint density at radius 1 is 1.38 bits per heavy atom. The average Bonchev–Trinajstić information content (AvgIpc) is 2.91. The predicted molar refractivity (Wildman–Crippen MR) is 83.5 cm³/mol. The van der Waals surface area contributed by atoms with Crippen LogP contribution in [0.3, 0.4) is 0 Å². The van der Waals surface area contributed by atoms with Gasteiger partial charge in [-0.2, -0.15) is 0 Å². The van der Waals surface area contributed by atoms with E-state index >= 15 is 0 Å². The smallest absolute Gasteiger partial charge is 0.236 e. The number of thioether (sulfide) groups is 1. The van der Waals surface area contributed by atoms with Crippen molar-refractivity contribution in [2.24, 2.45) is 5.41 Å². The summed E-state index contributed by atoms with van der Waals surface area (Å²) in [6.45, 7) is 2.82. The van der Waals surface area contributed by atoms with Crippen LogP contribution in [0.2, 0.25) is 0 Å². The molecule has 1 amide bonds. The van der Waals surface area contributed by atoms with E-state index in [-0.39, 0.29) is 5.91 Å². The molecule has 0 saturated carbocycles. The Kier molecular flexibility index (Phi) is 4.23. The minimum atomic E-state index is -0.428. The van der Waals surface area contributed by atoms with Crippen LogP contribution in [0.15, 0.2) is 34.7 Å². The van der Waals surface area contributed by atoms with Crippen LogP contribution < -0.4 is 5.32 Å². The second-order valence-corrected chi connectivity index (χ2v) is 7.35. The Balaban J connectivity index is 1.55. The zero-order chi connectivity index (χ0) is 14.7. The molecule has 5 nitrogen and oxygen atoms in total. The molecule has 1 aromatic heterocycles. The number of carbonyl (C=O) groups excluding carboxylic acids is 1. The molecule has 21 heavy (non-hydrogen) atoms. The van der Waals surface area contributed by atoms with E-state index in [9.17, 15) is 4.79 Å². The number of hydrogen-bond acceptors (Lipinski definition) is 6. The first-order valence-corrected chi connectivity index (χ1v) is 8.35. The molecule has 1 saturated heterocycles. The lowest BCUT2D eigenvalue weighted by atomic mass is 9.88. The molecular weight excluding hydrogens is 306 g/mol. The number of carbonyl (C=O) groups is 1. The second-order valence-electron chi connectivity index (χ2n) is 5.15. The first-order chi connectivity index (χ1) is 10.2. The van der Waals surface area contributed by atoms with Crippen molar-refractivity contribution >= 4 is 34.1 Å². The number of nitrogens with one attached hydrogen (secondary N) is 1. The Morgan fingerprint density at radius 2 is 2.14 bits per heavy atom. The average molecular weight is 321 g/mol. The summed E-state index contributed by atoms with van der Waals surface area (Å²) in [6.07, 6.45) is 0. The van der Waals surface area contributed by atoms with E-state index in [0.717, 1.165) is 10.1 Å². The normalized spacial score (nSPS) is 16.2. The van der Waals surface area contributed by atoms with E-state index in [2.05, 4.69) is 27.6 Å². The van der Waals surface area contributed by atoms with Gasteiger partial charge in [0, 0.05) is 5.75 Å². The monoisotopic (exact) mass is 321 g/mol. The fourth-order valence-electron chi connectivity index (χ4n) is 1.83. The van der Waals surface area contributed by atoms with Crippen LogP contribution in [0.1, 0.15) is 12.5 Å². The summed E-state index contributed by atoms with van der Waals surface area (Å²) in [4.78, 5) is 12.0. The molecule has 3 rings (SSSR count). The van der Waals surface area contributed by atoms with Crippen LogP contribution >= 0.6 is 23.1 Å². The van der Waals surface area contributed by atoms with Crippen molar-refractivity contribution in [3.8, 4) is 0 Å². The molecule has 1 fully saturated rings. The number of amides is 1. The van der Waals surface area contributed by atoms with E-state index in [1.54, 1.807) is 11.8 Å². The molecule has 1 aliphatic heterocycles. The number of benzene rings is 1. The number of ether oxygens (including phenoxy) is 1. The lowest BCUT2D eigenvalue weighted by Gasteiger charge is -2.35. The van der Waals surface area contributed by atoms with Gasteiger partial charge in [0.2, 0.25) is 11.0 Å². The summed E-state index contributed by atoms with van der Waals surface area (Å²) in [5, 5.41) is 11.5. The van der Waals surface area contributed by atoms with Crippen molar-refractivity contribution in [1.29, 1.82) is 0 Å². The Labute approximate surface area is 131 Å². The SMILES string of the molecule is CC1(C(=O)Nc2nnc(SCc3ccccc3)s2)COC1. The highest BCUT2D eigenvalue weighted by atomic mass is 32.2. The van der Waals surface area contributed by atoms with Crippen LogP contribution in [0.5, 0.6) is 0 Å². The maximum atomic E-state index is 12.0. The number of aromatic nitrogens is 2. The highest BCUT2D eigenvalue weighted by Gasteiger charge is 2.41. The minimum Gasteiger partial charge on any atom is -0.379 e. The first kappa shape index (κ1) is 14.5. The van der Waals surface area contributed by atoms with Crippen molar-refractivity contribution in [2.75, 3.05) is 18.5 Å². The van der Waals surface area contributed by atoms with E-state index in [1.165, 1.54) is 16.9 Å². The van der Waals surface area contributed by atoms with Gasteiger partial charge in [-0.1, -0.05) is 53.4 Å². The molecule has 0 atom stereocenters. The van der Waals surface area contributed by atoms with Crippen LogP contribution in [-0.2, 0) is 15.3 Å². The van der Waals surface area contributed by atoms with Gasteiger partial charge in [0.1, 0.15) is 0 Å². The van der Waals surface area contributed by atoms with Gasteiger partial charge in [-0.05, 0) is 12.5 Å². The third-order valence-corrected chi connectivity index (χ3v) is 5.26. The Hall–Kier alpha value is -1.44. The first-order valence-electron chi connectivity index (χ1n) is 6.55. The zero-order valence-electron chi connectivity index (χ0n) is 11.5. The van der Waals surface area contributed by atoms with Crippen molar-refractivity contribution in [3.05, 3.63) is 35.9 Å². The van der Waals surface area contributed by atoms with Crippen molar-refractivity contribution in [3.63, 3.8) is 0 Å². The molecule has 2 aromatic rings. The Morgan fingerprint density at radius 3 is 2.81 bits per heavy atom. The quantitative estimate of drug-likeness (QED) is 0.678. The fraction of sp³-hybridized carbons (Fsp3) is 0.357. The standard InChI is InChI=1S/C14H15N3O2S2/c1-14(8-19-9-14)11(18)15-12-16-17-13(21-12)20-7-10-5-3-2-4-6-10/h2-6H,7-9H2,1H3,(H,15,16,18). The summed E-state index contributed by atoms with van der Waals surface area (Å²) in [6, 6.07) is 10.2. The molecule has 1 N–H and O–H groups in total. The minimum absolute atomic E-state index is 0.0514. The number of hydrogen-bond donors (Lipinski definition) is 1. The van der Waals surface area contributed by atoms with Crippen LogP contribution in [-0.4, -0.2) is 29.3 Å². The molecule has 0 bridgehead atoms. The van der Waals surface area contributed by atoms with Gasteiger partial charge in [-0.15, -0.1) is 10.2 Å². The maximum absolute atomic E-state index is 12.0. The highest BCUT2D eigenvalue weighted by Crippen LogP contribution is 2.31. The molecule has 110 valence electrons. The number of anilines is 1. The van der Waals surface area contributed by atoms with Crippen LogP contribution in [0.25, 0.3) is 0 Å². The van der Waals surface area contributed by atoms with E-state index in [4.69, 9.17) is 4.74 Å². The van der Waals surface area contributed by atoms with E-state index in [0.29, 0.717) is 18.3 Å². The lowest BCUT2D eigenvalue weighted by Crippen LogP contribution is -2.49. The second kappa shape index (κ2) is 6.13. The molecule has 1 aromatic carbocycles. The number of rotatable bonds is 5. The predicted octanol–water partition coefficient (Wildman–Crippen LogP) is 2.81. The van der Waals surface area contributed by atoms with E-state index in [1.807, 2.05) is 25.1 Å². The van der Waals surface area contributed by atoms with Gasteiger partial charge >= 0.3 is 0 Å². The largest absolute Gasteiger partial charge is 0.379 e. The summed E-state index contributed by atoms with van der Waals surface area (Å²) in [5.41, 5.74) is 0.811. The fourth-order valence-corrected chi connectivity index (χ4v) is 3.53. The summed E-state index contributed by atoms with van der Waals surface area (Å²) in [5.74, 6) is 0.791. The van der Waals surface area contributed by atoms with E-state index < -0.39 is 5.41 Å². The summed E-state index contributed by atoms with van der Waals surface area (Å²) < 4.78 is 5.94. The van der Waals surface area contributed by atoms with Crippen molar-refractivity contribution in [2.45, 2.75) is 17.0 Å². The summed E-state index contributed by atoms with van der Waals surface area (Å²) >= 11 is 3.02.